The van der Waals surface area contributed by atoms with Gasteiger partial charge in [0, 0.05) is 11.4 Å². The number of nitrogens with zero attached hydrogens (tertiary/aromatic N) is 1. The van der Waals surface area contributed by atoms with Gasteiger partial charge >= 0.3 is 0 Å². The second kappa shape index (κ2) is 5.36. The summed E-state index contributed by atoms with van der Waals surface area (Å²) in [5, 5.41) is 3.31. The van der Waals surface area contributed by atoms with Crippen LogP contribution in [0.25, 0.3) is 0 Å². The van der Waals surface area contributed by atoms with Crippen molar-refractivity contribution in [2.24, 2.45) is 5.73 Å². The number of nitrogens with two attached hydrogens (primary N) is 1. The maximum absolute atomic E-state index is 5.73. The minimum atomic E-state index is 0.347. The molecule has 0 aliphatic rings. The van der Waals surface area contributed by atoms with Crippen LogP contribution >= 0.6 is 12.2 Å². The summed E-state index contributed by atoms with van der Waals surface area (Å²) in [5.74, 6) is 0.708. The molecule has 0 aliphatic carbocycles. The average molecular weight is 271 g/mol. The summed E-state index contributed by atoms with van der Waals surface area (Å²) in [5.41, 5.74) is 10.8. The van der Waals surface area contributed by atoms with Crippen LogP contribution in [-0.2, 0) is 0 Å². The van der Waals surface area contributed by atoms with Gasteiger partial charge in [0.25, 0.3) is 0 Å². The number of benzene rings is 1. The zero-order chi connectivity index (χ0) is 14.0. The molecule has 4 heteroatoms. The van der Waals surface area contributed by atoms with Gasteiger partial charge in [0.2, 0.25) is 0 Å². The van der Waals surface area contributed by atoms with Crippen molar-refractivity contribution in [3.05, 3.63) is 52.7 Å². The molecule has 98 valence electrons. The second-order valence-corrected chi connectivity index (χ2v) is 5.10. The molecule has 0 fully saturated rings. The Labute approximate surface area is 118 Å². The Morgan fingerprint density at radius 1 is 1.16 bits per heavy atom. The predicted molar refractivity (Wildman–Crippen MR) is 84.1 cm³/mol. The smallest absolute Gasteiger partial charge is 0.140 e. The summed E-state index contributed by atoms with van der Waals surface area (Å²) in [6.45, 7) is 6.07. The number of thiocarbonyl (C=S) groups is 1. The van der Waals surface area contributed by atoms with Gasteiger partial charge in [-0.15, -0.1) is 0 Å². The van der Waals surface area contributed by atoms with Crippen LogP contribution < -0.4 is 11.1 Å². The molecule has 3 N–H and O–H groups in total. The Morgan fingerprint density at radius 3 is 2.53 bits per heavy atom. The first-order chi connectivity index (χ1) is 8.97. The topological polar surface area (TPSA) is 50.9 Å². The molecule has 19 heavy (non-hydrogen) atoms. The van der Waals surface area contributed by atoms with Crippen molar-refractivity contribution in [1.82, 2.24) is 4.98 Å². The molecule has 0 saturated heterocycles. The molecule has 0 aliphatic heterocycles. The van der Waals surface area contributed by atoms with Gasteiger partial charge < -0.3 is 11.1 Å². The molecule has 0 unspecified atom stereocenters. The molecule has 1 aromatic heterocycles. The molecular weight excluding hydrogens is 254 g/mol. The first-order valence-corrected chi connectivity index (χ1v) is 6.50. The number of hydrogen-bond acceptors (Lipinski definition) is 3. The van der Waals surface area contributed by atoms with E-state index in [1.54, 1.807) is 0 Å². The van der Waals surface area contributed by atoms with E-state index < -0.39 is 0 Å². The molecule has 0 bridgehead atoms. The SMILES string of the molecule is Cc1ccc(Nc2nc(C)ccc2C(N)=S)c(C)c1. The maximum atomic E-state index is 5.73. The fraction of sp³-hybridized carbons (Fsp3) is 0.200. The van der Waals surface area contributed by atoms with Crippen molar-refractivity contribution in [3.63, 3.8) is 0 Å². The number of nitrogens with one attached hydrogen (secondary N) is 1. The van der Waals surface area contributed by atoms with Gasteiger partial charge in [0.15, 0.2) is 0 Å². The quantitative estimate of drug-likeness (QED) is 0.840. The molecule has 0 amide bonds. The van der Waals surface area contributed by atoms with E-state index in [9.17, 15) is 0 Å². The van der Waals surface area contributed by atoms with Crippen LogP contribution in [0.4, 0.5) is 11.5 Å². The Morgan fingerprint density at radius 2 is 1.89 bits per heavy atom. The van der Waals surface area contributed by atoms with Crippen LogP contribution in [-0.4, -0.2) is 9.97 Å². The number of aryl methyl sites for hydroxylation is 3. The number of anilines is 2. The third-order valence-electron chi connectivity index (χ3n) is 2.93. The van der Waals surface area contributed by atoms with Crippen LogP contribution in [0, 0.1) is 20.8 Å². The van der Waals surface area contributed by atoms with Gasteiger partial charge in [0.05, 0.1) is 5.56 Å². The van der Waals surface area contributed by atoms with Crippen molar-refractivity contribution in [3.8, 4) is 0 Å². The third-order valence-corrected chi connectivity index (χ3v) is 3.15. The van der Waals surface area contributed by atoms with E-state index in [0.717, 1.165) is 22.5 Å². The number of rotatable bonds is 3. The van der Waals surface area contributed by atoms with Crippen LogP contribution in [0.5, 0.6) is 0 Å². The van der Waals surface area contributed by atoms with Crippen molar-refractivity contribution in [1.29, 1.82) is 0 Å². The van der Waals surface area contributed by atoms with Crippen molar-refractivity contribution in [2.45, 2.75) is 20.8 Å². The minimum absolute atomic E-state index is 0.347. The Bertz CT molecular complexity index is 635. The van der Waals surface area contributed by atoms with E-state index in [-0.39, 0.29) is 0 Å². The van der Waals surface area contributed by atoms with Crippen LogP contribution in [0.1, 0.15) is 22.4 Å². The molecule has 1 aromatic carbocycles. The largest absolute Gasteiger partial charge is 0.389 e. The normalized spacial score (nSPS) is 10.3. The number of pyridine rings is 1. The van der Waals surface area contributed by atoms with Gasteiger partial charge in [-0.1, -0.05) is 29.9 Å². The highest BCUT2D eigenvalue weighted by molar-refractivity contribution is 7.80. The summed E-state index contributed by atoms with van der Waals surface area (Å²) in [7, 11) is 0. The molecule has 0 spiro atoms. The van der Waals surface area contributed by atoms with Gasteiger partial charge in [0.1, 0.15) is 10.8 Å². The summed E-state index contributed by atoms with van der Waals surface area (Å²) < 4.78 is 0. The molecular formula is C15H17N3S. The first-order valence-electron chi connectivity index (χ1n) is 6.09. The van der Waals surface area contributed by atoms with E-state index in [1.807, 2.05) is 25.1 Å². The average Bonchev–Trinajstić information content (AvgIpc) is 2.32. The van der Waals surface area contributed by atoms with E-state index in [0.29, 0.717) is 10.8 Å². The predicted octanol–water partition coefficient (Wildman–Crippen LogP) is 3.38. The molecule has 2 rings (SSSR count). The van der Waals surface area contributed by atoms with Gasteiger partial charge in [-0.25, -0.2) is 4.98 Å². The monoisotopic (exact) mass is 271 g/mol. The van der Waals surface area contributed by atoms with E-state index in [1.165, 1.54) is 5.56 Å². The summed E-state index contributed by atoms with van der Waals surface area (Å²) in [6.07, 6.45) is 0. The summed E-state index contributed by atoms with van der Waals surface area (Å²) in [4.78, 5) is 4.82. The molecule has 0 saturated carbocycles. The molecule has 2 aromatic rings. The van der Waals surface area contributed by atoms with E-state index in [4.69, 9.17) is 18.0 Å². The van der Waals surface area contributed by atoms with Crippen molar-refractivity contribution < 1.29 is 0 Å². The van der Waals surface area contributed by atoms with Crippen LogP contribution in [0.15, 0.2) is 30.3 Å². The lowest BCUT2D eigenvalue weighted by atomic mass is 10.1. The first kappa shape index (κ1) is 13.5. The van der Waals surface area contributed by atoms with Crippen LogP contribution in [0.3, 0.4) is 0 Å². The minimum Gasteiger partial charge on any atom is -0.389 e. The highest BCUT2D eigenvalue weighted by Crippen LogP contribution is 2.23. The Hall–Kier alpha value is -1.94. The van der Waals surface area contributed by atoms with E-state index >= 15 is 0 Å². The highest BCUT2D eigenvalue weighted by atomic mass is 32.1. The molecule has 0 atom stereocenters. The highest BCUT2D eigenvalue weighted by Gasteiger charge is 2.08. The molecule has 1 heterocycles. The number of aromatic nitrogens is 1. The van der Waals surface area contributed by atoms with Crippen molar-refractivity contribution >= 4 is 28.7 Å². The zero-order valence-electron chi connectivity index (χ0n) is 11.3. The third kappa shape index (κ3) is 3.09. The fourth-order valence-electron chi connectivity index (χ4n) is 1.93. The zero-order valence-corrected chi connectivity index (χ0v) is 12.1. The molecule has 3 nitrogen and oxygen atoms in total. The lowest BCUT2D eigenvalue weighted by Crippen LogP contribution is -2.13. The Kier molecular flexibility index (Phi) is 3.81. The Balaban J connectivity index is 2.42. The summed E-state index contributed by atoms with van der Waals surface area (Å²) >= 11 is 5.06. The lowest BCUT2D eigenvalue weighted by Gasteiger charge is -2.13. The standard InChI is InChI=1S/C15H17N3S/c1-9-4-7-13(10(2)8-9)18-15-12(14(16)19)6-5-11(3)17-15/h4-8H,1-3H3,(H2,16,19)(H,17,18). The number of hydrogen-bond donors (Lipinski definition) is 2. The second-order valence-electron chi connectivity index (χ2n) is 4.66. The summed E-state index contributed by atoms with van der Waals surface area (Å²) in [6, 6.07) is 10.0. The maximum Gasteiger partial charge on any atom is 0.140 e. The van der Waals surface area contributed by atoms with Gasteiger partial charge in [-0.3, -0.25) is 0 Å². The van der Waals surface area contributed by atoms with Crippen LogP contribution in [0.2, 0.25) is 0 Å². The molecule has 0 radical (unpaired) electrons. The fourth-order valence-corrected chi connectivity index (χ4v) is 2.10. The van der Waals surface area contributed by atoms with Gasteiger partial charge in [-0.2, -0.15) is 0 Å². The van der Waals surface area contributed by atoms with Gasteiger partial charge in [-0.05, 0) is 44.5 Å². The lowest BCUT2D eigenvalue weighted by molar-refractivity contribution is 1.19. The van der Waals surface area contributed by atoms with E-state index in [2.05, 4.69) is 36.3 Å². The van der Waals surface area contributed by atoms with Crippen molar-refractivity contribution in [2.75, 3.05) is 5.32 Å².